The summed E-state index contributed by atoms with van der Waals surface area (Å²) in [6, 6.07) is 21.1. The molecule has 3 rings (SSSR count). The Kier molecular flexibility index (Phi) is 15.7. The second-order valence-electron chi connectivity index (χ2n) is 10.1. The molecule has 0 aromatic heterocycles. The molecule has 0 aliphatic carbocycles. The average molecular weight is 659 g/mol. The van der Waals surface area contributed by atoms with Crippen molar-refractivity contribution in [2.45, 2.75) is 25.7 Å². The Labute approximate surface area is 279 Å². The van der Waals surface area contributed by atoms with Gasteiger partial charge in [-0.05, 0) is 84.8 Å². The van der Waals surface area contributed by atoms with Gasteiger partial charge in [-0.1, -0.05) is 49.6 Å². The van der Waals surface area contributed by atoms with Crippen LogP contribution in [-0.4, -0.2) is 62.2 Å². The maximum atomic E-state index is 12.3. The molecular weight excluding hydrogens is 620 g/mol. The number of unbranched alkanes of at least 4 members (excludes halogenated alkanes) is 2. The Balaban J connectivity index is 1.35. The average Bonchev–Trinajstić information content (AvgIpc) is 3.11. The maximum absolute atomic E-state index is 12.3. The van der Waals surface area contributed by atoms with Crippen LogP contribution in [0.25, 0.3) is 17.2 Å². The largest absolute Gasteiger partial charge is 0.513 e. The van der Waals surface area contributed by atoms with E-state index in [2.05, 4.69) is 13.2 Å². The minimum Gasteiger partial charge on any atom is -0.494 e. The summed E-state index contributed by atoms with van der Waals surface area (Å²) >= 11 is 0. The lowest BCUT2D eigenvalue weighted by atomic mass is 10.0. The minimum absolute atomic E-state index is 0.0179. The lowest BCUT2D eigenvalue weighted by Gasteiger charge is -2.08. The van der Waals surface area contributed by atoms with Crippen molar-refractivity contribution in [3.8, 4) is 28.4 Å². The predicted molar refractivity (Wildman–Crippen MR) is 177 cm³/mol. The van der Waals surface area contributed by atoms with Crippen molar-refractivity contribution in [2.24, 2.45) is 0 Å². The van der Waals surface area contributed by atoms with Gasteiger partial charge in [-0.3, -0.25) is 0 Å². The molecule has 0 bridgehead atoms. The van der Waals surface area contributed by atoms with Crippen molar-refractivity contribution in [1.82, 2.24) is 0 Å². The molecule has 11 nitrogen and oxygen atoms in total. The molecule has 48 heavy (non-hydrogen) atoms. The minimum atomic E-state index is -0.819. The first-order valence-corrected chi connectivity index (χ1v) is 15.2. The molecule has 0 aliphatic heterocycles. The van der Waals surface area contributed by atoms with E-state index in [1.807, 2.05) is 36.4 Å². The number of carbonyl (C=O) groups is 4. The third-order valence-corrected chi connectivity index (χ3v) is 6.44. The summed E-state index contributed by atoms with van der Waals surface area (Å²) in [6.07, 6.45) is 5.58. The highest BCUT2D eigenvalue weighted by Crippen LogP contribution is 2.24. The van der Waals surface area contributed by atoms with E-state index >= 15 is 0 Å². The second-order valence-corrected chi connectivity index (χ2v) is 10.1. The number of carbonyl (C=O) groups excluding carboxylic acids is 4. The SMILES string of the molecule is C=CC(=O)OCCCCOC(=O)Oc1ccc(-c2ccc(/C=C/C(=O)Oc3ccc(OCCCCOC(=O)C(=C)CO)cc3)cc2)cc1. The summed E-state index contributed by atoms with van der Waals surface area (Å²) in [5.74, 6) is -0.323. The lowest BCUT2D eigenvalue weighted by molar-refractivity contribution is -0.140. The van der Waals surface area contributed by atoms with Gasteiger partial charge in [0.05, 0.1) is 38.6 Å². The molecule has 0 saturated heterocycles. The topological polar surface area (TPSA) is 144 Å². The number of hydrogen-bond acceptors (Lipinski definition) is 11. The first-order valence-electron chi connectivity index (χ1n) is 15.2. The summed E-state index contributed by atoms with van der Waals surface area (Å²) in [4.78, 5) is 46.6. The summed E-state index contributed by atoms with van der Waals surface area (Å²) in [6.45, 7) is 7.27. The Morgan fingerprint density at radius 3 is 1.77 bits per heavy atom. The molecule has 0 fully saturated rings. The van der Waals surface area contributed by atoms with Crippen LogP contribution in [0.5, 0.6) is 17.2 Å². The van der Waals surface area contributed by atoms with Crippen molar-refractivity contribution in [3.05, 3.63) is 109 Å². The van der Waals surface area contributed by atoms with Gasteiger partial charge in [-0.2, -0.15) is 0 Å². The van der Waals surface area contributed by atoms with Gasteiger partial charge >= 0.3 is 24.1 Å². The molecule has 11 heteroatoms. The number of esters is 3. The van der Waals surface area contributed by atoms with Gasteiger partial charge in [-0.15, -0.1) is 0 Å². The molecule has 252 valence electrons. The highest BCUT2D eigenvalue weighted by atomic mass is 16.7. The molecule has 0 aliphatic rings. The van der Waals surface area contributed by atoms with Crippen LogP contribution < -0.4 is 14.2 Å². The van der Waals surface area contributed by atoms with Gasteiger partial charge in [0.1, 0.15) is 17.2 Å². The highest BCUT2D eigenvalue weighted by Gasteiger charge is 2.08. The first kappa shape index (κ1) is 36.8. The van der Waals surface area contributed by atoms with Crippen molar-refractivity contribution in [2.75, 3.05) is 33.0 Å². The van der Waals surface area contributed by atoms with E-state index < -0.39 is 30.7 Å². The van der Waals surface area contributed by atoms with Crippen molar-refractivity contribution < 1.29 is 52.7 Å². The van der Waals surface area contributed by atoms with Crippen molar-refractivity contribution in [3.63, 3.8) is 0 Å². The van der Waals surface area contributed by atoms with E-state index in [1.54, 1.807) is 42.5 Å². The zero-order valence-corrected chi connectivity index (χ0v) is 26.5. The Morgan fingerprint density at radius 2 is 1.15 bits per heavy atom. The van der Waals surface area contributed by atoms with Crippen molar-refractivity contribution in [1.29, 1.82) is 0 Å². The van der Waals surface area contributed by atoms with Gasteiger partial charge in [-0.25, -0.2) is 19.2 Å². The fraction of sp³-hybridized carbons (Fsp3) is 0.243. The molecule has 0 atom stereocenters. The van der Waals surface area contributed by atoms with Crippen LogP contribution in [0.4, 0.5) is 4.79 Å². The Bertz CT molecular complexity index is 1540. The quantitative estimate of drug-likeness (QED) is 0.0390. The molecule has 0 amide bonds. The summed E-state index contributed by atoms with van der Waals surface area (Å²) in [5.41, 5.74) is 2.65. The van der Waals surface area contributed by atoms with E-state index in [0.29, 0.717) is 49.5 Å². The fourth-order valence-electron chi connectivity index (χ4n) is 3.86. The number of aliphatic hydroxyl groups is 1. The van der Waals surface area contributed by atoms with Crippen LogP contribution >= 0.6 is 0 Å². The standard InChI is InChI=1S/C37H38O11/c1-3-34(39)44-23-5-7-25-46-37(42)48-33-15-13-30(14-16-33)29-11-8-28(9-12-29)10-21-35(40)47-32-19-17-31(18-20-32)43-22-4-6-24-45-36(41)27(2)26-38/h3,8-21,38H,1-2,4-7,22-26H2/b21-10+. The molecule has 1 N–H and O–H groups in total. The third kappa shape index (κ3) is 13.8. The fourth-order valence-corrected chi connectivity index (χ4v) is 3.86. The second kappa shape index (κ2) is 20.4. The third-order valence-electron chi connectivity index (χ3n) is 6.44. The zero-order valence-electron chi connectivity index (χ0n) is 26.5. The van der Waals surface area contributed by atoms with Gasteiger partial charge in [0, 0.05) is 12.2 Å². The van der Waals surface area contributed by atoms with Crippen LogP contribution in [0, 0.1) is 0 Å². The Hall–Kier alpha value is -5.68. The molecule has 0 radical (unpaired) electrons. The highest BCUT2D eigenvalue weighted by molar-refractivity contribution is 5.89. The predicted octanol–water partition coefficient (Wildman–Crippen LogP) is 6.25. The van der Waals surface area contributed by atoms with Gasteiger partial charge in [0.2, 0.25) is 0 Å². The summed E-state index contributed by atoms with van der Waals surface area (Å²) in [7, 11) is 0. The van der Waals surface area contributed by atoms with Gasteiger partial charge in [0.15, 0.2) is 0 Å². The molecule has 0 saturated carbocycles. The molecule has 3 aromatic carbocycles. The van der Waals surface area contributed by atoms with Gasteiger partial charge in [0.25, 0.3) is 0 Å². The lowest BCUT2D eigenvalue weighted by Crippen LogP contribution is -2.12. The molecule has 0 spiro atoms. The molecule has 0 unspecified atom stereocenters. The Morgan fingerprint density at radius 1 is 0.625 bits per heavy atom. The number of hydrogen-bond donors (Lipinski definition) is 1. The number of aliphatic hydroxyl groups excluding tert-OH is 1. The van der Waals surface area contributed by atoms with Crippen LogP contribution in [0.3, 0.4) is 0 Å². The van der Waals surface area contributed by atoms with E-state index in [0.717, 1.165) is 22.8 Å². The van der Waals surface area contributed by atoms with E-state index in [-0.39, 0.29) is 25.4 Å². The summed E-state index contributed by atoms with van der Waals surface area (Å²) < 4.78 is 31.1. The number of benzene rings is 3. The monoisotopic (exact) mass is 658 g/mol. The zero-order chi connectivity index (χ0) is 34.6. The van der Waals surface area contributed by atoms with Crippen LogP contribution in [-0.2, 0) is 28.6 Å². The molecular formula is C37H38O11. The van der Waals surface area contributed by atoms with E-state index in [1.165, 1.54) is 6.08 Å². The van der Waals surface area contributed by atoms with Crippen LogP contribution in [0.1, 0.15) is 31.2 Å². The number of rotatable bonds is 19. The maximum Gasteiger partial charge on any atom is 0.513 e. The normalized spacial score (nSPS) is 10.5. The van der Waals surface area contributed by atoms with Gasteiger partial charge < -0.3 is 33.5 Å². The summed E-state index contributed by atoms with van der Waals surface area (Å²) in [5, 5.41) is 8.84. The van der Waals surface area contributed by atoms with Crippen molar-refractivity contribution >= 4 is 30.1 Å². The van der Waals surface area contributed by atoms with Crippen LogP contribution in [0.15, 0.2) is 104 Å². The molecule has 3 aromatic rings. The number of ether oxygens (including phenoxy) is 6. The smallest absolute Gasteiger partial charge is 0.494 e. The van der Waals surface area contributed by atoms with Crippen LogP contribution in [0.2, 0.25) is 0 Å². The molecule has 0 heterocycles. The van der Waals surface area contributed by atoms with E-state index in [4.69, 9.17) is 33.5 Å². The first-order chi connectivity index (χ1) is 23.3. The van der Waals surface area contributed by atoms with E-state index in [9.17, 15) is 19.2 Å².